The molecule has 9 N–H and O–H groups in total. The Labute approximate surface area is 527 Å². The average Bonchev–Trinajstić information content (AvgIpc) is 1.11. The number of cyclic esters (lactones) is 1. The first-order chi connectivity index (χ1) is 42.4. The van der Waals surface area contributed by atoms with E-state index in [2.05, 4.69) is 21.3 Å². The molecule has 0 bridgehead atoms. The van der Waals surface area contributed by atoms with Gasteiger partial charge in [-0.1, -0.05) is 70.6 Å². The van der Waals surface area contributed by atoms with Crippen LogP contribution in [0.2, 0.25) is 0 Å². The monoisotopic (exact) mass is 1260 g/mol. The van der Waals surface area contributed by atoms with Crippen molar-refractivity contribution in [3.63, 3.8) is 0 Å². The number of benzene rings is 1. The number of primary amides is 1. The number of rotatable bonds is 29. The fourth-order valence-corrected chi connectivity index (χ4v) is 10.5. The predicted octanol–water partition coefficient (Wildman–Crippen LogP) is 5.12. The zero-order valence-electron chi connectivity index (χ0n) is 53.7. The third kappa shape index (κ3) is 25.3. The van der Waals surface area contributed by atoms with E-state index in [1.165, 1.54) is 28.9 Å². The zero-order chi connectivity index (χ0) is 66.9. The van der Waals surface area contributed by atoms with E-state index < -0.39 is 102 Å². The number of aliphatic hydroxyl groups excluding tert-OH is 2. The smallest absolute Gasteiger partial charge is 0.410 e. The van der Waals surface area contributed by atoms with E-state index in [-0.39, 0.29) is 121 Å². The van der Waals surface area contributed by atoms with Crippen LogP contribution in [0.1, 0.15) is 145 Å². The second-order valence-electron chi connectivity index (χ2n) is 24.2. The third-order valence-corrected chi connectivity index (χ3v) is 15.7. The normalized spacial score (nSPS) is 22.8. The number of imide groups is 1. The van der Waals surface area contributed by atoms with Gasteiger partial charge < -0.3 is 75.8 Å². The van der Waals surface area contributed by atoms with Gasteiger partial charge in [-0.2, -0.15) is 0 Å². The number of nitrogens with two attached hydrogens (primary N) is 1. The van der Waals surface area contributed by atoms with Gasteiger partial charge in [-0.25, -0.2) is 14.4 Å². The average molecular weight is 1270 g/mol. The van der Waals surface area contributed by atoms with Crippen LogP contribution in [0.15, 0.2) is 72.4 Å². The highest BCUT2D eigenvalue weighted by Gasteiger charge is 2.42. The van der Waals surface area contributed by atoms with Crippen LogP contribution in [-0.4, -0.2) is 189 Å². The minimum absolute atomic E-state index is 0.00829. The van der Waals surface area contributed by atoms with Crippen molar-refractivity contribution in [1.29, 1.82) is 0 Å². The second-order valence-corrected chi connectivity index (χ2v) is 24.2. The number of hydrogen-bond acceptors (Lipinski definition) is 18. The topological polar surface area (TPSA) is 361 Å². The number of amides is 9. The number of carbonyl (C=O) groups excluding carboxylic acids is 10. The van der Waals surface area contributed by atoms with Gasteiger partial charge in [0.2, 0.25) is 17.7 Å². The Hall–Kier alpha value is -7.68. The zero-order valence-corrected chi connectivity index (χ0v) is 53.7. The van der Waals surface area contributed by atoms with E-state index in [1.807, 2.05) is 13.8 Å². The Morgan fingerprint density at radius 2 is 1.53 bits per heavy atom. The maximum atomic E-state index is 14.0. The second kappa shape index (κ2) is 36.2. The first-order valence-corrected chi connectivity index (χ1v) is 31.0. The van der Waals surface area contributed by atoms with Crippen LogP contribution in [-0.2, 0) is 63.9 Å². The van der Waals surface area contributed by atoms with Gasteiger partial charge in [0.05, 0.1) is 36.4 Å². The van der Waals surface area contributed by atoms with E-state index in [0.717, 1.165) is 4.90 Å². The number of anilines is 1. The lowest BCUT2D eigenvalue weighted by atomic mass is 9.88. The molecule has 3 aliphatic rings. The minimum Gasteiger partial charge on any atom is -0.457 e. The van der Waals surface area contributed by atoms with E-state index >= 15 is 0 Å². The minimum atomic E-state index is -1.50. The van der Waals surface area contributed by atoms with E-state index in [0.29, 0.717) is 42.5 Å². The van der Waals surface area contributed by atoms with Crippen LogP contribution >= 0.6 is 0 Å². The van der Waals surface area contributed by atoms with Crippen molar-refractivity contribution in [3.05, 3.63) is 77.9 Å². The molecule has 0 radical (unpaired) electrons. The molecule has 9 amide bonds. The predicted molar refractivity (Wildman–Crippen MR) is 331 cm³/mol. The molecule has 1 saturated heterocycles. The molecular weight excluding hydrogens is 1170 g/mol. The molecular formula is C64H96N8O18. The molecule has 26 nitrogen and oxygen atoms in total. The quantitative estimate of drug-likeness (QED) is 0.0129. The Balaban J connectivity index is 1.35. The summed E-state index contributed by atoms with van der Waals surface area (Å²) in [4.78, 5) is 132. The lowest BCUT2D eigenvalue weighted by Gasteiger charge is -2.38. The summed E-state index contributed by atoms with van der Waals surface area (Å²) in [7, 11) is 0. The van der Waals surface area contributed by atoms with Gasteiger partial charge >= 0.3 is 30.2 Å². The fourth-order valence-electron chi connectivity index (χ4n) is 10.5. The number of carbonyl (C=O) groups is 10. The lowest BCUT2D eigenvalue weighted by Crippen LogP contribution is -2.54. The molecule has 0 aromatic heterocycles. The summed E-state index contributed by atoms with van der Waals surface area (Å²) in [6, 6.07) is 3.58. The molecule has 1 aromatic rings. The van der Waals surface area contributed by atoms with Crippen LogP contribution in [0.4, 0.5) is 20.1 Å². The number of unbranched alkanes of at least 4 members (excludes halogenated alkanes) is 2. The first-order valence-electron chi connectivity index (χ1n) is 31.0. The summed E-state index contributed by atoms with van der Waals surface area (Å²) in [6.07, 6.45) is 6.78. The molecule has 3 heterocycles. The molecule has 4 rings (SSSR count). The number of nitrogens with one attached hydrogen (secondary N) is 4. The molecule has 0 spiro atoms. The standard InChI is InChI=1S/C64H96N8O18/c1-11-50(75)44(7)87-43(6)38-63(9,85)29-15-17-41(4)57-42(5)20-25-51(64(10,90-45(8)73)30-28-48(74)37-55(79)89-57)88-62(84)71-35-33-70(34-36-71)61(83)86-39-46-21-23-47(24-22-46)67-58(80)49(18-16-31-66-60(65)82)68-59(81)56(40(2)3)69-52(76)19-13-12-14-32-72-53(77)26-27-54(72)78/h15,17,20-27,29,40,42-44,48-51,56-57,74-75,85H,11-14,16,18-19,28,30-39H2,1-10H3,(H,67,80)(H,68,81)(H,69,76)(H3,65,66,82)/b25-20+,29-15+,41-17+/t42-,43-,44?,48+,49-,50-,51-,56-,57+,63?,64+/m0/s1. The van der Waals surface area contributed by atoms with Gasteiger partial charge in [-0.15, -0.1) is 0 Å². The van der Waals surface area contributed by atoms with E-state index in [4.69, 9.17) is 29.4 Å². The highest BCUT2D eigenvalue weighted by Crippen LogP contribution is 2.31. The Bertz CT molecular complexity index is 2720. The highest BCUT2D eigenvalue weighted by molar-refractivity contribution is 6.12. The number of nitrogens with zero attached hydrogens (tertiary/aromatic N) is 3. The maximum absolute atomic E-state index is 14.0. The summed E-state index contributed by atoms with van der Waals surface area (Å²) >= 11 is 0. The molecule has 1 fully saturated rings. The molecule has 11 atom stereocenters. The van der Waals surface area contributed by atoms with Crippen molar-refractivity contribution in [3.8, 4) is 0 Å². The number of allylic oxidation sites excluding steroid dienone is 2. The Morgan fingerprint density at radius 1 is 0.889 bits per heavy atom. The summed E-state index contributed by atoms with van der Waals surface area (Å²) in [6.45, 7) is 17.3. The molecule has 90 heavy (non-hydrogen) atoms. The van der Waals surface area contributed by atoms with Crippen molar-refractivity contribution >= 4 is 65.4 Å². The largest absolute Gasteiger partial charge is 0.457 e. The third-order valence-electron chi connectivity index (χ3n) is 15.7. The number of hydrogen-bond donors (Lipinski definition) is 8. The van der Waals surface area contributed by atoms with Crippen LogP contribution in [0.25, 0.3) is 0 Å². The van der Waals surface area contributed by atoms with Crippen LogP contribution in [0.5, 0.6) is 0 Å². The molecule has 3 aliphatic heterocycles. The number of urea groups is 1. The van der Waals surface area contributed by atoms with Crippen LogP contribution < -0.4 is 27.0 Å². The van der Waals surface area contributed by atoms with E-state index in [1.54, 1.807) is 103 Å². The van der Waals surface area contributed by atoms with E-state index in [9.17, 15) is 63.3 Å². The Morgan fingerprint density at radius 3 is 2.14 bits per heavy atom. The van der Waals surface area contributed by atoms with Gasteiger partial charge in [-0.3, -0.25) is 38.5 Å². The van der Waals surface area contributed by atoms with Crippen LogP contribution in [0.3, 0.4) is 0 Å². The highest BCUT2D eigenvalue weighted by atomic mass is 16.6. The molecule has 0 saturated carbocycles. The van der Waals surface area contributed by atoms with Gasteiger partial charge in [-0.05, 0) is 115 Å². The number of aliphatic hydroxyl groups is 3. The van der Waals surface area contributed by atoms with Crippen molar-refractivity contribution < 1.29 is 86.9 Å². The van der Waals surface area contributed by atoms with Crippen molar-refractivity contribution in [2.75, 3.05) is 44.6 Å². The van der Waals surface area contributed by atoms with Crippen molar-refractivity contribution in [1.82, 2.24) is 30.7 Å². The SMILES string of the molecule is CC[C@H](O)C(C)O[C@@H](C)CC(C)(O)/C=C/C=C(\C)[C@H]1OC(=O)C[C@H](O)CC[C@@](C)(OC(C)=O)[C@@H](OC(=O)N2CCN(C(=O)OCc3ccc(NC(=O)[C@H](CCCNC(N)=O)NC(=O)[C@@H](NC(=O)CCCCCN4C(=O)C=CC4=O)C(C)C)cc3)CC2)/C=C/[C@@H]1C. The summed E-state index contributed by atoms with van der Waals surface area (Å²) in [5.41, 5.74) is 3.93. The van der Waals surface area contributed by atoms with Gasteiger partial charge in [0, 0.05) is 82.8 Å². The Kier molecular flexibility index (Phi) is 30.1. The van der Waals surface area contributed by atoms with Crippen molar-refractivity contribution in [2.45, 2.75) is 206 Å². The maximum Gasteiger partial charge on any atom is 0.410 e. The molecule has 2 unspecified atom stereocenters. The summed E-state index contributed by atoms with van der Waals surface area (Å²) in [5, 5.41) is 43.1. The number of esters is 2. The number of ether oxygens (including phenoxy) is 5. The summed E-state index contributed by atoms with van der Waals surface area (Å²) in [5.74, 6) is -4.58. The lowest BCUT2D eigenvalue weighted by molar-refractivity contribution is -0.168. The van der Waals surface area contributed by atoms with Crippen LogP contribution in [0, 0.1) is 11.8 Å². The molecule has 0 aliphatic carbocycles. The first kappa shape index (κ1) is 74.8. The molecule has 1 aromatic carbocycles. The number of piperazine rings is 1. The molecule has 26 heteroatoms. The van der Waals surface area contributed by atoms with Crippen molar-refractivity contribution in [2.24, 2.45) is 17.6 Å². The summed E-state index contributed by atoms with van der Waals surface area (Å²) < 4.78 is 29.4. The van der Waals surface area contributed by atoms with Gasteiger partial charge in [0.1, 0.15) is 30.4 Å². The van der Waals surface area contributed by atoms with Gasteiger partial charge in [0.25, 0.3) is 11.8 Å². The fraction of sp³-hybridized carbons (Fsp3) is 0.625. The molecule has 500 valence electrons. The van der Waals surface area contributed by atoms with Gasteiger partial charge in [0.15, 0.2) is 6.10 Å².